The monoisotopic (exact) mass is 239 g/mol. The zero-order chi connectivity index (χ0) is 10.8. The average Bonchev–Trinajstić information content (AvgIpc) is 2.45. The number of thiocarbonyl (C=S) groups is 2. The first kappa shape index (κ1) is 10.2. The highest BCUT2D eigenvalue weighted by molar-refractivity contribution is 7.82. The normalized spacial score (nSPS) is 17.8. The third-order valence-electron chi connectivity index (χ3n) is 1.79. The second-order valence-electron chi connectivity index (χ2n) is 2.91. The molecule has 0 unspecified atom stereocenters. The molecular formula is C10H6FNOS2. The number of hydrogen-bond acceptors (Lipinski definition) is 3. The van der Waals surface area contributed by atoms with E-state index < -0.39 is 0 Å². The predicted molar refractivity (Wildman–Crippen MR) is 63.8 cm³/mol. The predicted octanol–water partition coefficient (Wildman–Crippen LogP) is 2.40. The molecule has 0 aliphatic carbocycles. The van der Waals surface area contributed by atoms with Crippen LogP contribution in [0.2, 0.25) is 0 Å². The van der Waals surface area contributed by atoms with E-state index in [4.69, 9.17) is 29.2 Å². The maximum absolute atomic E-state index is 12.9. The lowest BCUT2D eigenvalue weighted by Crippen LogP contribution is -2.16. The van der Waals surface area contributed by atoms with E-state index in [0.717, 1.165) is 0 Å². The van der Waals surface area contributed by atoms with Crippen LogP contribution in [0.4, 0.5) is 4.39 Å². The van der Waals surface area contributed by atoms with Gasteiger partial charge in [0.05, 0.1) is 0 Å². The van der Waals surface area contributed by atoms with Crippen LogP contribution in [-0.2, 0) is 4.74 Å². The van der Waals surface area contributed by atoms with Gasteiger partial charge < -0.3 is 10.1 Å². The largest absolute Gasteiger partial charge is 0.428 e. The zero-order valence-electron chi connectivity index (χ0n) is 7.49. The van der Waals surface area contributed by atoms with E-state index in [1.807, 2.05) is 0 Å². The van der Waals surface area contributed by atoms with Crippen LogP contribution in [0, 0.1) is 5.82 Å². The molecule has 0 bridgehead atoms. The Bertz CT molecular complexity index is 470. The van der Waals surface area contributed by atoms with Crippen LogP contribution >= 0.6 is 24.4 Å². The Morgan fingerprint density at radius 3 is 2.73 bits per heavy atom. The van der Waals surface area contributed by atoms with Gasteiger partial charge in [-0.05, 0) is 36.0 Å². The maximum atomic E-state index is 12.9. The highest BCUT2D eigenvalue weighted by atomic mass is 32.1. The van der Waals surface area contributed by atoms with Gasteiger partial charge in [0.1, 0.15) is 10.8 Å². The number of hydrogen-bond donors (Lipinski definition) is 1. The maximum Gasteiger partial charge on any atom is 0.267 e. The van der Waals surface area contributed by atoms with E-state index in [-0.39, 0.29) is 11.0 Å². The third-order valence-corrected chi connectivity index (χ3v) is 2.28. The molecule has 1 aliphatic rings. The summed E-state index contributed by atoms with van der Waals surface area (Å²) in [5.41, 5.74) is 0.679. The summed E-state index contributed by atoms with van der Waals surface area (Å²) in [4.78, 5) is 0.421. The molecule has 1 aromatic carbocycles. The second kappa shape index (κ2) is 4.04. The molecular weight excluding hydrogens is 233 g/mol. The van der Waals surface area contributed by atoms with Crippen molar-refractivity contribution in [3.63, 3.8) is 0 Å². The van der Waals surface area contributed by atoms with Gasteiger partial charge in [0.2, 0.25) is 0 Å². The fourth-order valence-electron chi connectivity index (χ4n) is 1.17. The summed E-state index contributed by atoms with van der Waals surface area (Å²) in [5, 5.41) is 2.91. The Morgan fingerprint density at radius 2 is 2.13 bits per heavy atom. The van der Waals surface area contributed by atoms with Crippen molar-refractivity contribution in [1.29, 1.82) is 0 Å². The number of nitrogens with one attached hydrogen (secondary N) is 1. The Kier molecular flexibility index (Phi) is 2.75. The minimum Gasteiger partial charge on any atom is -0.428 e. The summed E-state index contributed by atoms with van der Waals surface area (Å²) in [6.07, 6.45) is 1.64. The lowest BCUT2D eigenvalue weighted by atomic mass is 10.2. The van der Waals surface area contributed by atoms with Crippen LogP contribution in [0.5, 0.6) is 0 Å². The van der Waals surface area contributed by atoms with E-state index in [9.17, 15) is 4.39 Å². The van der Waals surface area contributed by atoms with Gasteiger partial charge in [-0.15, -0.1) is 0 Å². The Hall–Kier alpha value is -1.33. The first-order chi connectivity index (χ1) is 7.15. The highest BCUT2D eigenvalue weighted by Crippen LogP contribution is 2.14. The van der Waals surface area contributed by atoms with Gasteiger partial charge in [0.15, 0.2) is 5.76 Å². The molecule has 1 aliphatic heterocycles. The molecule has 0 saturated carbocycles. The lowest BCUT2D eigenvalue weighted by molar-refractivity contribution is 0.471. The van der Waals surface area contributed by atoms with Gasteiger partial charge in [0, 0.05) is 0 Å². The van der Waals surface area contributed by atoms with E-state index >= 15 is 0 Å². The van der Waals surface area contributed by atoms with Crippen LogP contribution in [0.25, 0.3) is 6.08 Å². The molecule has 76 valence electrons. The third kappa shape index (κ3) is 2.37. The molecule has 0 radical (unpaired) electrons. The minimum atomic E-state index is -0.302. The zero-order valence-corrected chi connectivity index (χ0v) is 9.12. The average molecular weight is 239 g/mol. The van der Waals surface area contributed by atoms with Crippen molar-refractivity contribution in [2.45, 2.75) is 0 Å². The summed E-state index contributed by atoms with van der Waals surface area (Å²) in [6.45, 7) is 0. The molecule has 0 amide bonds. The summed E-state index contributed by atoms with van der Waals surface area (Å²) in [7, 11) is 0. The van der Waals surface area contributed by atoms with E-state index in [0.29, 0.717) is 16.3 Å². The topological polar surface area (TPSA) is 21.3 Å². The quantitative estimate of drug-likeness (QED) is 0.600. The second-order valence-corrected chi connectivity index (χ2v) is 3.69. The van der Waals surface area contributed by atoms with Crippen molar-refractivity contribution < 1.29 is 9.13 Å². The molecule has 1 saturated heterocycles. The van der Waals surface area contributed by atoms with Gasteiger partial charge >= 0.3 is 0 Å². The molecule has 0 aromatic heterocycles. The molecule has 2 rings (SSSR count). The van der Waals surface area contributed by atoms with Crippen LogP contribution in [0.1, 0.15) is 5.56 Å². The summed E-state index contributed by atoms with van der Waals surface area (Å²) in [6, 6.07) is 6.13. The van der Waals surface area contributed by atoms with Gasteiger partial charge in [0.25, 0.3) is 5.17 Å². The van der Waals surface area contributed by atoms with Crippen LogP contribution in [-0.4, -0.2) is 10.2 Å². The van der Waals surface area contributed by atoms with Gasteiger partial charge in [-0.3, -0.25) is 0 Å². The first-order valence-corrected chi connectivity index (χ1v) is 4.97. The molecule has 15 heavy (non-hydrogen) atoms. The molecule has 0 spiro atoms. The van der Waals surface area contributed by atoms with E-state index in [2.05, 4.69) is 5.32 Å². The number of ether oxygens (including phenoxy) is 1. The fraction of sp³-hybridized carbons (Fsp3) is 0. The van der Waals surface area contributed by atoms with Crippen LogP contribution < -0.4 is 5.32 Å². The van der Waals surface area contributed by atoms with Gasteiger partial charge in [-0.25, -0.2) is 4.39 Å². The van der Waals surface area contributed by atoms with Crippen molar-refractivity contribution in [3.05, 3.63) is 41.4 Å². The van der Waals surface area contributed by atoms with Crippen molar-refractivity contribution in [2.24, 2.45) is 0 Å². The van der Waals surface area contributed by atoms with Crippen molar-refractivity contribution >= 4 is 40.7 Å². The Balaban J connectivity index is 2.31. The molecule has 5 heteroatoms. The number of benzene rings is 1. The summed E-state index contributed by atoms with van der Waals surface area (Å²) in [5.74, 6) is 0.143. The minimum absolute atomic E-state index is 0.225. The molecule has 1 aromatic rings. The fourth-order valence-corrected chi connectivity index (χ4v) is 1.62. The molecule has 0 atom stereocenters. The standard InChI is InChI=1S/C10H6FNOS2/c11-7-3-1-2-6(4-7)5-8-9(14)12-10(15)13-8/h1-5H,(H,12,14,15)/b8-5-. The van der Waals surface area contributed by atoms with Crippen LogP contribution in [0.15, 0.2) is 30.0 Å². The van der Waals surface area contributed by atoms with Gasteiger partial charge in [-0.2, -0.15) is 0 Å². The molecule has 1 N–H and O–H groups in total. The summed E-state index contributed by atoms with van der Waals surface area (Å²) < 4.78 is 18.0. The van der Waals surface area contributed by atoms with Crippen LogP contribution in [0.3, 0.4) is 0 Å². The number of rotatable bonds is 1. The highest BCUT2D eigenvalue weighted by Gasteiger charge is 2.18. The van der Waals surface area contributed by atoms with Gasteiger partial charge in [-0.1, -0.05) is 24.4 Å². The van der Waals surface area contributed by atoms with Crippen molar-refractivity contribution in [3.8, 4) is 0 Å². The smallest absolute Gasteiger partial charge is 0.267 e. The lowest BCUT2D eigenvalue weighted by Gasteiger charge is -1.96. The summed E-state index contributed by atoms with van der Waals surface area (Å²) >= 11 is 9.74. The van der Waals surface area contributed by atoms with Crippen molar-refractivity contribution in [1.82, 2.24) is 5.32 Å². The number of halogens is 1. The van der Waals surface area contributed by atoms with E-state index in [1.54, 1.807) is 18.2 Å². The Morgan fingerprint density at radius 1 is 1.33 bits per heavy atom. The molecule has 2 nitrogen and oxygen atoms in total. The Labute approximate surface area is 96.7 Å². The molecule has 1 heterocycles. The SMILES string of the molecule is Fc1cccc(/C=C2\OC(=S)NC2=S)c1. The first-order valence-electron chi connectivity index (χ1n) is 4.15. The van der Waals surface area contributed by atoms with Crippen molar-refractivity contribution in [2.75, 3.05) is 0 Å². The van der Waals surface area contributed by atoms with E-state index in [1.165, 1.54) is 12.1 Å². The molecule has 1 fully saturated rings.